The van der Waals surface area contributed by atoms with Gasteiger partial charge in [0.15, 0.2) is 0 Å². The van der Waals surface area contributed by atoms with Crippen LogP contribution in [0, 0.1) is 0 Å². The van der Waals surface area contributed by atoms with Crippen LogP contribution in [0.4, 0.5) is 0 Å². The van der Waals surface area contributed by atoms with Crippen LogP contribution in [0.3, 0.4) is 0 Å². The van der Waals surface area contributed by atoms with Crippen molar-refractivity contribution in [2.24, 2.45) is 8.80 Å². The van der Waals surface area contributed by atoms with E-state index in [9.17, 15) is 16.8 Å². The van der Waals surface area contributed by atoms with Crippen molar-refractivity contribution in [2.75, 3.05) is 0 Å². The molecule has 0 saturated carbocycles. The molecule has 2 atom stereocenters. The lowest BCUT2D eigenvalue weighted by molar-refractivity contribution is 0.596. The SMILES string of the molecule is O=S(=O)(N=C1C=CC(=NS(=O)(=O)c2ccccc2)C(Br)C1Br)c1ccccc1. The van der Waals surface area contributed by atoms with Gasteiger partial charge < -0.3 is 0 Å². The van der Waals surface area contributed by atoms with Crippen LogP contribution in [0.5, 0.6) is 0 Å². The van der Waals surface area contributed by atoms with Gasteiger partial charge in [-0.2, -0.15) is 25.6 Å². The van der Waals surface area contributed by atoms with Crippen LogP contribution in [-0.4, -0.2) is 37.9 Å². The van der Waals surface area contributed by atoms with Gasteiger partial charge >= 0.3 is 0 Å². The van der Waals surface area contributed by atoms with Gasteiger partial charge in [-0.1, -0.05) is 68.3 Å². The number of benzene rings is 2. The molecule has 0 heterocycles. The van der Waals surface area contributed by atoms with Crippen LogP contribution in [-0.2, 0) is 20.0 Å². The molecule has 0 aromatic heterocycles. The third-order valence-corrected chi connectivity index (χ3v) is 9.12. The predicted molar refractivity (Wildman–Crippen MR) is 117 cm³/mol. The van der Waals surface area contributed by atoms with Crippen molar-refractivity contribution in [3.8, 4) is 0 Å². The summed E-state index contributed by atoms with van der Waals surface area (Å²) < 4.78 is 57.6. The number of hydrogen-bond donors (Lipinski definition) is 0. The molecule has 1 aliphatic carbocycles. The monoisotopic (exact) mass is 544 g/mol. The smallest absolute Gasteiger partial charge is 0.199 e. The van der Waals surface area contributed by atoms with Gasteiger partial charge in [-0.05, 0) is 36.4 Å². The minimum absolute atomic E-state index is 0.0767. The Balaban J connectivity index is 1.96. The van der Waals surface area contributed by atoms with E-state index in [4.69, 9.17) is 0 Å². The van der Waals surface area contributed by atoms with Crippen molar-refractivity contribution in [2.45, 2.75) is 19.4 Å². The first-order chi connectivity index (χ1) is 13.2. The summed E-state index contributed by atoms with van der Waals surface area (Å²) in [6, 6.07) is 15.7. The minimum atomic E-state index is -3.88. The largest absolute Gasteiger partial charge is 0.282 e. The second-order valence-corrected chi connectivity index (χ2v) is 10.9. The molecule has 2 unspecified atom stereocenters. The highest BCUT2D eigenvalue weighted by Crippen LogP contribution is 2.26. The summed E-state index contributed by atoms with van der Waals surface area (Å²) in [5.41, 5.74) is 0.476. The number of nitrogens with zero attached hydrogens (tertiary/aromatic N) is 2. The normalized spacial score (nSPS) is 23.2. The predicted octanol–water partition coefficient (Wildman–Crippen LogP) is 3.74. The molecule has 2 aromatic carbocycles. The third-order valence-electron chi connectivity index (χ3n) is 3.78. The maximum absolute atomic E-state index is 12.5. The molecule has 28 heavy (non-hydrogen) atoms. The summed E-state index contributed by atoms with van der Waals surface area (Å²) >= 11 is 6.76. The molecule has 0 saturated heterocycles. The summed E-state index contributed by atoms with van der Waals surface area (Å²) in [5.74, 6) is 0. The van der Waals surface area contributed by atoms with Crippen molar-refractivity contribution >= 4 is 63.3 Å². The van der Waals surface area contributed by atoms with Gasteiger partial charge in [-0.3, -0.25) is 0 Å². The lowest BCUT2D eigenvalue weighted by Gasteiger charge is -2.21. The first kappa shape index (κ1) is 21.1. The van der Waals surface area contributed by atoms with Crippen molar-refractivity contribution < 1.29 is 16.8 Å². The van der Waals surface area contributed by atoms with E-state index in [1.807, 2.05) is 0 Å². The number of alkyl halides is 2. The lowest BCUT2D eigenvalue weighted by atomic mass is 10.0. The lowest BCUT2D eigenvalue weighted by Crippen LogP contribution is -2.34. The number of rotatable bonds is 4. The van der Waals surface area contributed by atoms with Crippen molar-refractivity contribution in [3.63, 3.8) is 0 Å². The molecule has 0 N–H and O–H groups in total. The molecule has 0 bridgehead atoms. The maximum atomic E-state index is 12.5. The molecule has 0 fully saturated rings. The molecule has 10 heteroatoms. The number of sulfonamides is 2. The van der Waals surface area contributed by atoms with Crippen molar-refractivity contribution in [1.29, 1.82) is 0 Å². The van der Waals surface area contributed by atoms with Crippen molar-refractivity contribution in [3.05, 3.63) is 72.8 Å². The highest BCUT2D eigenvalue weighted by Gasteiger charge is 2.31. The van der Waals surface area contributed by atoms with E-state index >= 15 is 0 Å². The van der Waals surface area contributed by atoms with Crippen LogP contribution < -0.4 is 0 Å². The van der Waals surface area contributed by atoms with E-state index in [1.54, 1.807) is 36.4 Å². The topological polar surface area (TPSA) is 93.0 Å². The average Bonchev–Trinajstić information content (AvgIpc) is 2.69. The average molecular weight is 546 g/mol. The van der Waals surface area contributed by atoms with Crippen LogP contribution in [0.1, 0.15) is 0 Å². The fourth-order valence-corrected chi connectivity index (χ4v) is 5.82. The zero-order chi connectivity index (χ0) is 20.4. The van der Waals surface area contributed by atoms with Crippen LogP contribution in [0.25, 0.3) is 0 Å². The Labute approximate surface area is 180 Å². The summed E-state index contributed by atoms with van der Waals surface area (Å²) in [5, 5.41) is 0. The van der Waals surface area contributed by atoms with E-state index in [1.165, 1.54) is 36.4 Å². The van der Waals surface area contributed by atoms with Gasteiger partial charge in [0.25, 0.3) is 20.0 Å². The van der Waals surface area contributed by atoms with E-state index in [-0.39, 0.29) is 21.2 Å². The second kappa shape index (κ2) is 8.40. The first-order valence-corrected chi connectivity index (χ1v) is 12.7. The molecular formula is C18H14Br2N2O4S2. The number of hydrogen-bond acceptors (Lipinski definition) is 4. The number of allylic oxidation sites excluding steroid dienone is 2. The molecule has 2 aromatic rings. The zero-order valence-corrected chi connectivity index (χ0v) is 19.0. The molecule has 0 aliphatic heterocycles. The van der Waals surface area contributed by atoms with Crippen LogP contribution in [0.2, 0.25) is 0 Å². The van der Waals surface area contributed by atoms with Gasteiger partial charge in [0.1, 0.15) is 0 Å². The Morgan fingerprint density at radius 1 is 0.607 bits per heavy atom. The summed E-state index contributed by atoms with van der Waals surface area (Å²) in [6.45, 7) is 0. The minimum Gasteiger partial charge on any atom is -0.199 e. The Morgan fingerprint density at radius 3 is 1.25 bits per heavy atom. The fourth-order valence-electron chi connectivity index (χ4n) is 2.38. The van der Waals surface area contributed by atoms with Crippen molar-refractivity contribution in [1.82, 2.24) is 0 Å². The Kier molecular flexibility index (Phi) is 6.33. The highest BCUT2D eigenvalue weighted by atomic mass is 79.9. The molecule has 6 nitrogen and oxygen atoms in total. The molecular weight excluding hydrogens is 532 g/mol. The second-order valence-electron chi connectivity index (χ2n) is 5.75. The molecule has 0 spiro atoms. The molecule has 0 amide bonds. The van der Waals surface area contributed by atoms with E-state index < -0.39 is 29.7 Å². The quantitative estimate of drug-likeness (QED) is 0.547. The highest BCUT2D eigenvalue weighted by molar-refractivity contribution is 9.12. The van der Waals surface area contributed by atoms with Gasteiger partial charge in [0.05, 0.1) is 30.9 Å². The maximum Gasteiger partial charge on any atom is 0.282 e. The standard InChI is InChI=1S/C18H14Br2N2O4S2/c19-17-15(21-27(23,24)13-7-3-1-4-8-13)11-12-16(18(17)20)22-28(25,26)14-9-5-2-6-10-14/h1-12,17-18H. The van der Waals surface area contributed by atoms with Crippen LogP contribution >= 0.6 is 31.9 Å². The molecule has 0 radical (unpaired) electrons. The summed E-state index contributed by atoms with van der Waals surface area (Å²) in [7, 11) is -7.77. The van der Waals surface area contributed by atoms with Gasteiger partial charge in [0, 0.05) is 0 Å². The zero-order valence-electron chi connectivity index (χ0n) is 14.2. The Bertz CT molecular complexity index is 1070. The number of halogens is 2. The molecule has 3 rings (SSSR count). The van der Waals surface area contributed by atoms with Crippen LogP contribution in [0.15, 0.2) is 91.4 Å². The summed E-state index contributed by atoms with van der Waals surface area (Å²) in [4.78, 5) is -1.01. The Hall–Kier alpha value is -1.62. The molecule has 1 aliphatic rings. The van der Waals surface area contributed by atoms with Gasteiger partial charge in [0.2, 0.25) is 0 Å². The van der Waals surface area contributed by atoms with Gasteiger partial charge in [-0.25, -0.2) is 0 Å². The Morgan fingerprint density at radius 2 is 0.929 bits per heavy atom. The fraction of sp³-hybridized carbons (Fsp3) is 0.111. The van der Waals surface area contributed by atoms with Gasteiger partial charge in [-0.15, -0.1) is 0 Å². The third kappa shape index (κ3) is 4.68. The first-order valence-electron chi connectivity index (χ1n) is 7.97. The summed E-state index contributed by atoms with van der Waals surface area (Å²) in [6.07, 6.45) is 2.88. The van der Waals surface area contributed by atoms with E-state index in [0.717, 1.165) is 0 Å². The van der Waals surface area contributed by atoms with E-state index in [2.05, 4.69) is 40.7 Å². The van der Waals surface area contributed by atoms with E-state index in [0.29, 0.717) is 0 Å². The molecule has 146 valence electrons.